The number of rotatable bonds is 2. The average Bonchev–Trinajstić information content (AvgIpc) is 2.33. The van der Waals surface area contributed by atoms with Gasteiger partial charge in [0.2, 0.25) is 0 Å². The van der Waals surface area contributed by atoms with Crippen molar-refractivity contribution in [2.24, 2.45) is 0 Å². The van der Waals surface area contributed by atoms with Crippen molar-refractivity contribution in [3.05, 3.63) is 77.4 Å². The lowest BCUT2D eigenvalue weighted by atomic mass is 9.98. The van der Waals surface area contributed by atoms with Gasteiger partial charge in [-0.1, -0.05) is 60.2 Å². The molecule has 0 aromatic heterocycles. The maximum absolute atomic E-state index is 13.1. The van der Waals surface area contributed by atoms with Gasteiger partial charge in [-0.25, -0.2) is 0 Å². The lowest BCUT2D eigenvalue weighted by molar-refractivity contribution is 0.426. The predicted molar refractivity (Wildman–Crippen MR) is 65.9 cm³/mol. The molecule has 0 unspecified atom stereocenters. The molecular weight excluding hydrogens is 218 g/mol. The van der Waals surface area contributed by atoms with E-state index in [2.05, 4.69) is 0 Å². The zero-order valence-corrected chi connectivity index (χ0v) is 9.45. The van der Waals surface area contributed by atoms with Gasteiger partial charge in [-0.3, -0.25) is 0 Å². The van der Waals surface area contributed by atoms with Crippen LogP contribution in [0, 0.1) is 6.92 Å². The van der Waals surface area contributed by atoms with Crippen LogP contribution in [-0.4, -0.2) is 0 Å². The second-order valence-corrected chi connectivity index (χ2v) is 3.87. The molecule has 2 aromatic rings. The summed E-state index contributed by atoms with van der Waals surface area (Å²) >= 11 is 0. The highest BCUT2D eigenvalue weighted by atomic mass is 19.3. The van der Waals surface area contributed by atoms with Gasteiger partial charge in [-0.2, -0.15) is 8.78 Å². The van der Waals surface area contributed by atoms with Crippen LogP contribution in [0.1, 0.15) is 16.7 Å². The first kappa shape index (κ1) is 11.5. The van der Waals surface area contributed by atoms with Gasteiger partial charge in [0.1, 0.15) is 0 Å². The van der Waals surface area contributed by atoms with Crippen molar-refractivity contribution in [3.8, 4) is 0 Å². The van der Waals surface area contributed by atoms with Crippen LogP contribution >= 0.6 is 0 Å². The minimum absolute atomic E-state index is 0.00519. The molecule has 2 aromatic carbocycles. The van der Waals surface area contributed by atoms with Gasteiger partial charge in [0.05, 0.1) is 5.57 Å². The van der Waals surface area contributed by atoms with Crippen molar-refractivity contribution < 1.29 is 8.78 Å². The predicted octanol–water partition coefficient (Wildman–Crippen LogP) is 4.65. The summed E-state index contributed by atoms with van der Waals surface area (Å²) < 4.78 is 26.1. The monoisotopic (exact) mass is 230 g/mol. The van der Waals surface area contributed by atoms with Gasteiger partial charge >= 0.3 is 0 Å². The van der Waals surface area contributed by atoms with Gasteiger partial charge in [0, 0.05) is 0 Å². The van der Waals surface area contributed by atoms with Crippen LogP contribution in [0.4, 0.5) is 8.78 Å². The number of aryl methyl sites for hydroxylation is 1. The molecule has 0 aliphatic heterocycles. The molecular formula is C15H12F2. The van der Waals surface area contributed by atoms with Gasteiger partial charge < -0.3 is 0 Å². The van der Waals surface area contributed by atoms with Gasteiger partial charge in [-0.05, 0) is 18.1 Å². The fourth-order valence-corrected chi connectivity index (χ4v) is 1.71. The Labute approximate surface area is 99.2 Å². The van der Waals surface area contributed by atoms with Crippen molar-refractivity contribution in [1.29, 1.82) is 0 Å². The van der Waals surface area contributed by atoms with Gasteiger partial charge in [0.15, 0.2) is 0 Å². The Hall–Kier alpha value is -1.96. The molecule has 17 heavy (non-hydrogen) atoms. The van der Waals surface area contributed by atoms with Gasteiger partial charge in [0.25, 0.3) is 6.08 Å². The van der Waals surface area contributed by atoms with Crippen LogP contribution in [0.15, 0.2) is 60.7 Å². The van der Waals surface area contributed by atoms with E-state index in [4.69, 9.17) is 0 Å². The minimum Gasteiger partial charge on any atom is -0.173 e. The van der Waals surface area contributed by atoms with Crippen molar-refractivity contribution in [3.63, 3.8) is 0 Å². The zero-order chi connectivity index (χ0) is 12.3. The molecule has 0 nitrogen and oxygen atoms in total. The first-order valence-corrected chi connectivity index (χ1v) is 5.36. The summed E-state index contributed by atoms with van der Waals surface area (Å²) in [7, 11) is 0. The molecule has 0 heterocycles. The van der Waals surface area contributed by atoms with E-state index in [-0.39, 0.29) is 5.57 Å². The molecule has 0 N–H and O–H groups in total. The zero-order valence-electron chi connectivity index (χ0n) is 9.45. The smallest absolute Gasteiger partial charge is 0.173 e. The van der Waals surface area contributed by atoms with Crippen LogP contribution in [0.25, 0.3) is 5.57 Å². The van der Waals surface area contributed by atoms with E-state index in [0.29, 0.717) is 11.1 Å². The Balaban J connectivity index is 2.52. The molecule has 0 spiro atoms. The minimum atomic E-state index is -1.65. The lowest BCUT2D eigenvalue weighted by Gasteiger charge is -2.07. The van der Waals surface area contributed by atoms with Crippen molar-refractivity contribution >= 4 is 5.57 Å². The Morgan fingerprint density at radius 3 is 1.82 bits per heavy atom. The van der Waals surface area contributed by atoms with E-state index < -0.39 is 6.08 Å². The van der Waals surface area contributed by atoms with Crippen LogP contribution in [0.5, 0.6) is 0 Å². The number of halogens is 2. The fraction of sp³-hybridized carbons (Fsp3) is 0.0667. The summed E-state index contributed by atoms with van der Waals surface area (Å²) in [6, 6.07) is 15.8. The quantitative estimate of drug-likeness (QED) is 0.704. The van der Waals surface area contributed by atoms with E-state index in [1.807, 2.05) is 25.1 Å². The fourth-order valence-electron chi connectivity index (χ4n) is 1.71. The second-order valence-electron chi connectivity index (χ2n) is 3.87. The topological polar surface area (TPSA) is 0 Å². The SMILES string of the molecule is Cc1ccc(C(=C(F)F)c2ccccc2)cc1. The molecule has 2 rings (SSSR count). The van der Waals surface area contributed by atoms with Crippen LogP contribution in [-0.2, 0) is 0 Å². The Morgan fingerprint density at radius 2 is 1.29 bits per heavy atom. The first-order chi connectivity index (χ1) is 8.18. The summed E-state index contributed by atoms with van der Waals surface area (Å²) in [5.74, 6) is 0. The Morgan fingerprint density at radius 1 is 0.765 bits per heavy atom. The molecule has 0 saturated carbocycles. The number of benzene rings is 2. The molecule has 0 fully saturated rings. The molecule has 86 valence electrons. The van der Waals surface area contributed by atoms with E-state index in [9.17, 15) is 8.78 Å². The van der Waals surface area contributed by atoms with Crippen LogP contribution in [0.2, 0.25) is 0 Å². The summed E-state index contributed by atoms with van der Waals surface area (Å²) in [6.45, 7) is 1.93. The summed E-state index contributed by atoms with van der Waals surface area (Å²) in [5.41, 5.74) is 2.14. The van der Waals surface area contributed by atoms with E-state index >= 15 is 0 Å². The second kappa shape index (κ2) is 4.91. The highest BCUT2D eigenvalue weighted by molar-refractivity contribution is 5.80. The van der Waals surface area contributed by atoms with Crippen molar-refractivity contribution in [2.75, 3.05) is 0 Å². The molecule has 2 heteroatoms. The largest absolute Gasteiger partial charge is 0.278 e. The highest BCUT2D eigenvalue weighted by Crippen LogP contribution is 2.28. The molecule has 0 saturated heterocycles. The summed E-state index contributed by atoms with van der Waals surface area (Å²) in [4.78, 5) is 0. The Bertz CT molecular complexity index is 521. The third-order valence-electron chi connectivity index (χ3n) is 2.59. The third-order valence-corrected chi connectivity index (χ3v) is 2.59. The maximum atomic E-state index is 13.1. The molecule has 0 amide bonds. The average molecular weight is 230 g/mol. The van der Waals surface area contributed by atoms with Gasteiger partial charge in [-0.15, -0.1) is 0 Å². The normalized spacial score (nSPS) is 10.1. The first-order valence-electron chi connectivity index (χ1n) is 5.36. The number of hydrogen-bond acceptors (Lipinski definition) is 0. The number of hydrogen-bond donors (Lipinski definition) is 0. The van der Waals surface area contributed by atoms with Crippen molar-refractivity contribution in [1.82, 2.24) is 0 Å². The molecule has 0 atom stereocenters. The van der Waals surface area contributed by atoms with E-state index in [0.717, 1.165) is 5.56 Å². The van der Waals surface area contributed by atoms with E-state index in [1.54, 1.807) is 36.4 Å². The maximum Gasteiger partial charge on any atom is 0.278 e. The molecule has 0 aliphatic rings. The van der Waals surface area contributed by atoms with Crippen LogP contribution < -0.4 is 0 Å². The third kappa shape index (κ3) is 2.59. The van der Waals surface area contributed by atoms with Crippen molar-refractivity contribution in [2.45, 2.75) is 6.92 Å². The molecule has 0 aliphatic carbocycles. The standard InChI is InChI=1S/C15H12F2/c1-11-7-9-13(10-8-11)14(15(16)17)12-5-3-2-4-6-12/h2-10H,1H3. The molecule has 0 radical (unpaired) electrons. The summed E-state index contributed by atoms with van der Waals surface area (Å²) in [6.07, 6.45) is -1.65. The highest BCUT2D eigenvalue weighted by Gasteiger charge is 2.11. The molecule has 0 bridgehead atoms. The lowest BCUT2D eigenvalue weighted by Crippen LogP contribution is -1.89. The van der Waals surface area contributed by atoms with Crippen LogP contribution in [0.3, 0.4) is 0 Å². The summed E-state index contributed by atoms with van der Waals surface area (Å²) in [5, 5.41) is 0. The Kier molecular flexibility index (Phi) is 3.33. The van der Waals surface area contributed by atoms with E-state index in [1.165, 1.54) is 0 Å².